The lowest BCUT2D eigenvalue weighted by molar-refractivity contribution is 0.0691. The lowest BCUT2D eigenvalue weighted by Gasteiger charge is -2.15. The molecule has 0 spiro atoms. The predicted molar refractivity (Wildman–Crippen MR) is 71.5 cm³/mol. The van der Waals surface area contributed by atoms with Crippen LogP contribution in [-0.4, -0.2) is 26.5 Å². The van der Waals surface area contributed by atoms with Gasteiger partial charge in [-0.3, -0.25) is 5.01 Å². The van der Waals surface area contributed by atoms with Crippen LogP contribution in [0.5, 0.6) is 0 Å². The summed E-state index contributed by atoms with van der Waals surface area (Å²) in [5, 5.41) is 19.6. The van der Waals surface area contributed by atoms with E-state index in [1.807, 2.05) is 44.2 Å². The zero-order chi connectivity index (χ0) is 14.3. The molecule has 0 fully saturated rings. The summed E-state index contributed by atoms with van der Waals surface area (Å²) in [5.74, 6) is 4.70. The number of H-pyrrole nitrogens is 1. The Hall–Kier alpha value is -2.41. The largest absolute Gasteiger partial charge is 0.476 e. The number of hydrogen-bond acceptors (Lipinski definition) is 5. The minimum atomic E-state index is -1.17. The number of hydrogen-bond donors (Lipinski definition) is 3. The summed E-state index contributed by atoms with van der Waals surface area (Å²) in [5.41, 5.74) is 0.762. The molecule has 7 nitrogen and oxygen atoms in total. The maximum absolute atomic E-state index is 10.8. The number of carboxylic acid groups (broad SMARTS) is 1. The van der Waals surface area contributed by atoms with Crippen LogP contribution in [0.15, 0.2) is 30.3 Å². The second kappa shape index (κ2) is 7.12. The van der Waals surface area contributed by atoms with Gasteiger partial charge >= 0.3 is 5.97 Å². The molecule has 1 aromatic heterocycles. The highest BCUT2D eigenvalue weighted by Gasteiger charge is 2.19. The number of hydrazine groups is 1. The summed E-state index contributed by atoms with van der Waals surface area (Å²) < 4.78 is 0. The molecule has 7 heteroatoms. The number of benzene rings is 1. The van der Waals surface area contributed by atoms with Crippen LogP contribution in [0.25, 0.3) is 0 Å². The first kappa shape index (κ1) is 14.7. The molecule has 0 aliphatic carbocycles. The number of carbonyl (C=O) groups is 1. The molecule has 2 rings (SSSR count). The van der Waals surface area contributed by atoms with Gasteiger partial charge in [-0.2, -0.15) is 5.21 Å². The van der Waals surface area contributed by atoms with Gasteiger partial charge in [-0.15, -0.1) is 10.2 Å². The van der Waals surface area contributed by atoms with Crippen LogP contribution < -0.4 is 10.9 Å². The Kier molecular flexibility index (Phi) is 5.49. The molecule has 4 N–H and O–H groups in total. The summed E-state index contributed by atoms with van der Waals surface area (Å²) in [4.78, 5) is 10.8. The average Bonchev–Trinajstić information content (AvgIpc) is 2.92. The maximum Gasteiger partial charge on any atom is 0.360 e. The number of aromatic amines is 1. The first-order chi connectivity index (χ1) is 9.18. The third-order valence-corrected chi connectivity index (χ3v) is 2.20. The number of rotatable bonds is 4. The van der Waals surface area contributed by atoms with Crippen molar-refractivity contribution in [3.05, 3.63) is 41.6 Å². The van der Waals surface area contributed by atoms with Crippen LogP contribution in [0.2, 0.25) is 0 Å². The van der Waals surface area contributed by atoms with Gasteiger partial charge in [0.1, 0.15) is 0 Å². The van der Waals surface area contributed by atoms with Gasteiger partial charge in [0.15, 0.2) is 5.82 Å². The van der Waals surface area contributed by atoms with Gasteiger partial charge in [-0.05, 0) is 5.56 Å². The Bertz CT molecular complexity index is 512. The highest BCUT2D eigenvalue weighted by molar-refractivity contribution is 5.90. The number of nitrogens with two attached hydrogens (primary N) is 1. The highest BCUT2D eigenvalue weighted by Crippen LogP contribution is 2.13. The lowest BCUT2D eigenvalue weighted by Crippen LogP contribution is -2.31. The van der Waals surface area contributed by atoms with Crippen LogP contribution in [0.3, 0.4) is 0 Å². The normalized spacial score (nSPS) is 9.42. The van der Waals surface area contributed by atoms with Gasteiger partial charge in [0.05, 0.1) is 6.54 Å². The van der Waals surface area contributed by atoms with E-state index < -0.39 is 5.97 Å². The predicted octanol–water partition coefficient (Wildman–Crippen LogP) is 1.41. The quantitative estimate of drug-likeness (QED) is 0.568. The van der Waals surface area contributed by atoms with Crippen LogP contribution in [-0.2, 0) is 6.54 Å². The van der Waals surface area contributed by atoms with Gasteiger partial charge in [0.25, 0.3) is 0 Å². The van der Waals surface area contributed by atoms with Gasteiger partial charge in [0.2, 0.25) is 5.69 Å². The number of anilines is 1. The molecule has 0 amide bonds. The van der Waals surface area contributed by atoms with Gasteiger partial charge < -0.3 is 5.11 Å². The molecular formula is C12H17N5O2. The number of nitrogens with one attached hydrogen (secondary N) is 1. The second-order valence-electron chi connectivity index (χ2n) is 3.41. The second-order valence-corrected chi connectivity index (χ2v) is 3.41. The summed E-state index contributed by atoms with van der Waals surface area (Å²) in [7, 11) is 0. The molecule has 0 saturated heterocycles. The number of carboxylic acids is 1. The van der Waals surface area contributed by atoms with Crippen molar-refractivity contribution in [2.45, 2.75) is 20.4 Å². The van der Waals surface area contributed by atoms with Crippen molar-refractivity contribution >= 4 is 11.8 Å². The van der Waals surface area contributed by atoms with E-state index in [-0.39, 0.29) is 11.5 Å². The van der Waals surface area contributed by atoms with Gasteiger partial charge in [-0.25, -0.2) is 10.6 Å². The fourth-order valence-electron chi connectivity index (χ4n) is 1.42. The third kappa shape index (κ3) is 3.78. The molecule has 2 aromatic rings. The lowest BCUT2D eigenvalue weighted by atomic mass is 10.2. The average molecular weight is 263 g/mol. The van der Waals surface area contributed by atoms with Crippen molar-refractivity contribution in [1.82, 2.24) is 15.4 Å². The molecule has 1 heterocycles. The van der Waals surface area contributed by atoms with Crippen LogP contribution >= 0.6 is 0 Å². The maximum atomic E-state index is 10.8. The summed E-state index contributed by atoms with van der Waals surface area (Å²) in [6.07, 6.45) is 0. The monoisotopic (exact) mass is 263 g/mol. The van der Waals surface area contributed by atoms with Crippen molar-refractivity contribution in [2.24, 2.45) is 5.84 Å². The molecule has 0 aliphatic heterocycles. The molecule has 0 radical (unpaired) electrons. The van der Waals surface area contributed by atoms with E-state index in [9.17, 15) is 4.79 Å². The third-order valence-electron chi connectivity index (χ3n) is 2.20. The van der Waals surface area contributed by atoms with Crippen LogP contribution in [0, 0.1) is 0 Å². The Morgan fingerprint density at radius 3 is 2.53 bits per heavy atom. The number of aromatic carboxylic acids is 1. The first-order valence-corrected chi connectivity index (χ1v) is 5.88. The Morgan fingerprint density at radius 1 is 1.32 bits per heavy atom. The minimum absolute atomic E-state index is 0.112. The van der Waals surface area contributed by atoms with Crippen molar-refractivity contribution < 1.29 is 9.90 Å². The molecule has 0 saturated carbocycles. The van der Waals surface area contributed by atoms with Gasteiger partial charge in [0, 0.05) is 0 Å². The summed E-state index contributed by atoms with van der Waals surface area (Å²) in [6.45, 7) is 4.35. The number of aromatic nitrogens is 3. The smallest absolute Gasteiger partial charge is 0.360 e. The zero-order valence-electron chi connectivity index (χ0n) is 10.9. The minimum Gasteiger partial charge on any atom is -0.476 e. The molecule has 0 aliphatic rings. The first-order valence-electron chi connectivity index (χ1n) is 5.88. The van der Waals surface area contributed by atoms with E-state index in [1.54, 1.807) is 0 Å². The van der Waals surface area contributed by atoms with E-state index in [0.29, 0.717) is 6.54 Å². The zero-order valence-corrected chi connectivity index (χ0v) is 10.9. The van der Waals surface area contributed by atoms with Crippen molar-refractivity contribution in [3.8, 4) is 0 Å². The SMILES string of the molecule is CC.NN(Cc1ccccc1)c1n[nH]nc1C(=O)O. The van der Waals surface area contributed by atoms with Crippen molar-refractivity contribution in [1.29, 1.82) is 0 Å². The Morgan fingerprint density at radius 2 is 1.95 bits per heavy atom. The van der Waals surface area contributed by atoms with Crippen molar-refractivity contribution in [3.63, 3.8) is 0 Å². The Labute approximate surface area is 111 Å². The van der Waals surface area contributed by atoms with E-state index >= 15 is 0 Å². The van der Waals surface area contributed by atoms with E-state index in [2.05, 4.69) is 15.4 Å². The van der Waals surface area contributed by atoms with Crippen LogP contribution in [0.1, 0.15) is 29.9 Å². The molecular weight excluding hydrogens is 246 g/mol. The van der Waals surface area contributed by atoms with E-state index in [4.69, 9.17) is 10.9 Å². The van der Waals surface area contributed by atoms with Gasteiger partial charge in [-0.1, -0.05) is 44.2 Å². The van der Waals surface area contributed by atoms with Crippen molar-refractivity contribution in [2.75, 3.05) is 5.01 Å². The van der Waals surface area contributed by atoms with Crippen LogP contribution in [0.4, 0.5) is 5.82 Å². The highest BCUT2D eigenvalue weighted by atomic mass is 16.4. The topological polar surface area (TPSA) is 108 Å². The summed E-state index contributed by atoms with van der Waals surface area (Å²) >= 11 is 0. The van der Waals surface area contributed by atoms with E-state index in [0.717, 1.165) is 5.56 Å². The Balaban J connectivity index is 0.000000861. The molecule has 19 heavy (non-hydrogen) atoms. The molecule has 0 atom stereocenters. The molecule has 0 unspecified atom stereocenters. The molecule has 1 aromatic carbocycles. The summed E-state index contributed by atoms with van der Waals surface area (Å²) in [6, 6.07) is 9.43. The fraction of sp³-hybridized carbons (Fsp3) is 0.250. The van der Waals surface area contributed by atoms with E-state index in [1.165, 1.54) is 5.01 Å². The molecule has 102 valence electrons. The molecule has 0 bridgehead atoms. The number of nitrogens with zero attached hydrogens (tertiary/aromatic N) is 3. The standard InChI is InChI=1S/C10H11N5O2.C2H6/c11-15(6-7-4-2-1-3-5-7)9-8(10(16)17)12-14-13-9;1-2/h1-5H,6,11H2,(H,16,17)(H,12,13,14);1-2H3. The fourth-order valence-corrected chi connectivity index (χ4v) is 1.42.